The molecule has 3 N–H and O–H groups in total. The highest BCUT2D eigenvalue weighted by Gasteiger charge is 2.27. The standard InChI is InChI=1S/C20H27N3O3S/c1-2-23-13-5-8-18(23)15-21-20(24)11-12-22-27(25,26)19-10-9-16-6-3-4-7-17(16)14-19/h3-4,6-7,9-10,14,18,22H,2,5,8,11-13,15H2,1H3,(H,21,24)/p+1/t18-/m1/s1. The summed E-state index contributed by atoms with van der Waals surface area (Å²) in [5, 5.41) is 4.81. The van der Waals surface area contributed by atoms with Crippen LogP contribution in [0.3, 0.4) is 0 Å². The van der Waals surface area contributed by atoms with Gasteiger partial charge in [-0.25, -0.2) is 13.1 Å². The zero-order valence-electron chi connectivity index (χ0n) is 15.7. The molecule has 1 amide bonds. The number of nitrogens with one attached hydrogen (secondary N) is 3. The zero-order chi connectivity index (χ0) is 19.3. The van der Waals surface area contributed by atoms with Crippen molar-refractivity contribution < 1.29 is 18.1 Å². The van der Waals surface area contributed by atoms with E-state index in [4.69, 9.17) is 0 Å². The predicted octanol–water partition coefficient (Wildman–Crippen LogP) is 0.692. The molecular formula is C20H28N3O3S+. The summed E-state index contributed by atoms with van der Waals surface area (Å²) in [6.45, 7) is 5.17. The summed E-state index contributed by atoms with van der Waals surface area (Å²) in [7, 11) is -3.62. The molecule has 6 nitrogen and oxygen atoms in total. The maximum absolute atomic E-state index is 12.5. The fourth-order valence-corrected chi connectivity index (χ4v) is 4.80. The first kappa shape index (κ1) is 19.8. The first-order valence-electron chi connectivity index (χ1n) is 9.59. The van der Waals surface area contributed by atoms with Crippen LogP contribution in [0.5, 0.6) is 0 Å². The molecule has 7 heteroatoms. The van der Waals surface area contributed by atoms with E-state index in [9.17, 15) is 13.2 Å². The molecule has 0 radical (unpaired) electrons. The lowest BCUT2D eigenvalue weighted by molar-refractivity contribution is -0.909. The quantitative estimate of drug-likeness (QED) is 0.621. The number of fused-ring (bicyclic) bond motifs is 1. The Labute approximate surface area is 161 Å². The molecule has 2 aromatic carbocycles. The van der Waals surface area contributed by atoms with Gasteiger partial charge in [0.05, 0.1) is 24.5 Å². The van der Waals surface area contributed by atoms with Crippen LogP contribution in [-0.2, 0) is 14.8 Å². The van der Waals surface area contributed by atoms with Crippen LogP contribution in [0.15, 0.2) is 47.4 Å². The van der Waals surface area contributed by atoms with Gasteiger partial charge in [-0.1, -0.05) is 30.3 Å². The molecule has 0 aromatic heterocycles. The maximum Gasteiger partial charge on any atom is 0.240 e. The predicted molar refractivity (Wildman–Crippen MR) is 106 cm³/mol. The molecule has 0 saturated carbocycles. The van der Waals surface area contributed by atoms with Gasteiger partial charge in [-0.3, -0.25) is 4.79 Å². The van der Waals surface area contributed by atoms with Crippen LogP contribution in [0, 0.1) is 0 Å². The van der Waals surface area contributed by atoms with Gasteiger partial charge >= 0.3 is 0 Å². The average Bonchev–Trinajstić information content (AvgIpc) is 3.13. The van der Waals surface area contributed by atoms with Crippen LogP contribution >= 0.6 is 0 Å². The molecule has 2 aromatic rings. The second-order valence-electron chi connectivity index (χ2n) is 7.06. The third-order valence-corrected chi connectivity index (χ3v) is 6.76. The van der Waals surface area contributed by atoms with Gasteiger partial charge in [0.15, 0.2) is 0 Å². The van der Waals surface area contributed by atoms with E-state index >= 15 is 0 Å². The molecule has 2 atom stereocenters. The number of quaternary nitrogens is 1. The van der Waals surface area contributed by atoms with Crippen LogP contribution < -0.4 is 14.9 Å². The normalized spacial score (nSPS) is 20.0. The van der Waals surface area contributed by atoms with Crippen molar-refractivity contribution in [2.75, 3.05) is 26.2 Å². The van der Waals surface area contributed by atoms with Crippen molar-refractivity contribution in [3.05, 3.63) is 42.5 Å². The van der Waals surface area contributed by atoms with Crippen molar-refractivity contribution in [1.82, 2.24) is 10.0 Å². The topological polar surface area (TPSA) is 79.7 Å². The minimum Gasteiger partial charge on any atom is -0.350 e. The van der Waals surface area contributed by atoms with E-state index in [1.807, 2.05) is 24.3 Å². The molecule has 0 spiro atoms. The number of sulfonamides is 1. The van der Waals surface area contributed by atoms with Gasteiger partial charge in [-0.15, -0.1) is 0 Å². The van der Waals surface area contributed by atoms with Crippen molar-refractivity contribution in [1.29, 1.82) is 0 Å². The van der Waals surface area contributed by atoms with Crippen LogP contribution in [0.4, 0.5) is 0 Å². The van der Waals surface area contributed by atoms with E-state index in [-0.39, 0.29) is 23.8 Å². The molecule has 1 unspecified atom stereocenters. The van der Waals surface area contributed by atoms with Crippen molar-refractivity contribution >= 4 is 26.7 Å². The van der Waals surface area contributed by atoms with E-state index in [1.165, 1.54) is 17.9 Å². The maximum atomic E-state index is 12.5. The summed E-state index contributed by atoms with van der Waals surface area (Å²) in [4.78, 5) is 13.8. The minimum absolute atomic E-state index is 0.0933. The lowest BCUT2D eigenvalue weighted by Gasteiger charge is -2.20. The summed E-state index contributed by atoms with van der Waals surface area (Å²) in [6.07, 6.45) is 2.48. The van der Waals surface area contributed by atoms with Gasteiger partial charge in [0.25, 0.3) is 0 Å². The monoisotopic (exact) mass is 390 g/mol. The van der Waals surface area contributed by atoms with E-state index in [1.54, 1.807) is 18.2 Å². The van der Waals surface area contributed by atoms with Crippen LogP contribution in [0.25, 0.3) is 10.8 Å². The van der Waals surface area contributed by atoms with Crippen LogP contribution in [-0.4, -0.2) is 46.5 Å². The van der Waals surface area contributed by atoms with E-state index in [0.29, 0.717) is 12.6 Å². The Balaban J connectivity index is 1.49. The minimum atomic E-state index is -3.62. The fourth-order valence-electron chi connectivity index (χ4n) is 3.74. The van der Waals surface area contributed by atoms with Crippen molar-refractivity contribution in [2.45, 2.75) is 37.1 Å². The molecular weight excluding hydrogens is 362 g/mol. The molecule has 1 heterocycles. The average molecular weight is 391 g/mol. The molecule has 1 aliphatic rings. The second-order valence-corrected chi connectivity index (χ2v) is 8.83. The van der Waals surface area contributed by atoms with E-state index in [0.717, 1.165) is 23.7 Å². The molecule has 3 rings (SSSR count). The van der Waals surface area contributed by atoms with Crippen LogP contribution in [0.1, 0.15) is 26.2 Å². The van der Waals surface area contributed by atoms with Gasteiger partial charge in [0.1, 0.15) is 6.04 Å². The molecule has 0 aliphatic carbocycles. The lowest BCUT2D eigenvalue weighted by atomic mass is 10.1. The Kier molecular flexibility index (Phi) is 6.46. The number of likely N-dealkylation sites (N-methyl/N-ethyl adjacent to an activating group) is 1. The summed E-state index contributed by atoms with van der Waals surface area (Å²) in [6, 6.07) is 13.1. The smallest absolute Gasteiger partial charge is 0.240 e. The number of amides is 1. The van der Waals surface area contributed by atoms with Crippen molar-refractivity contribution in [2.24, 2.45) is 0 Å². The van der Waals surface area contributed by atoms with Gasteiger partial charge < -0.3 is 10.2 Å². The van der Waals surface area contributed by atoms with Gasteiger partial charge in [-0.2, -0.15) is 0 Å². The highest BCUT2D eigenvalue weighted by Crippen LogP contribution is 2.18. The second kappa shape index (κ2) is 8.82. The third kappa shape index (κ3) is 5.06. The van der Waals surface area contributed by atoms with Gasteiger partial charge in [-0.05, 0) is 29.8 Å². The Morgan fingerprint density at radius 3 is 2.74 bits per heavy atom. The Bertz CT molecular complexity index is 898. The first-order valence-corrected chi connectivity index (χ1v) is 11.1. The highest BCUT2D eigenvalue weighted by atomic mass is 32.2. The largest absolute Gasteiger partial charge is 0.350 e. The summed E-state index contributed by atoms with van der Waals surface area (Å²) in [5.74, 6) is -0.112. The number of carbonyl (C=O) groups is 1. The van der Waals surface area contributed by atoms with E-state index in [2.05, 4.69) is 17.0 Å². The molecule has 27 heavy (non-hydrogen) atoms. The highest BCUT2D eigenvalue weighted by molar-refractivity contribution is 7.89. The number of carbonyl (C=O) groups excluding carboxylic acids is 1. The third-order valence-electron chi connectivity index (χ3n) is 5.30. The van der Waals surface area contributed by atoms with Crippen molar-refractivity contribution in [3.63, 3.8) is 0 Å². The van der Waals surface area contributed by atoms with Crippen LogP contribution in [0.2, 0.25) is 0 Å². The number of likely N-dealkylation sites (tertiary alicyclic amines) is 1. The van der Waals surface area contributed by atoms with Gasteiger partial charge in [0, 0.05) is 25.8 Å². The first-order chi connectivity index (χ1) is 13.0. The molecule has 1 saturated heterocycles. The fraction of sp³-hybridized carbons (Fsp3) is 0.450. The molecule has 146 valence electrons. The number of hydrogen-bond donors (Lipinski definition) is 3. The summed E-state index contributed by atoms with van der Waals surface area (Å²) in [5.41, 5.74) is 0. The molecule has 1 fully saturated rings. The Morgan fingerprint density at radius 2 is 1.96 bits per heavy atom. The molecule has 1 aliphatic heterocycles. The number of benzene rings is 2. The van der Waals surface area contributed by atoms with Gasteiger partial charge in [0.2, 0.25) is 15.9 Å². The number of rotatable bonds is 8. The SMILES string of the molecule is CC[NH+]1CCC[C@@H]1CNC(=O)CCNS(=O)(=O)c1ccc2ccccc2c1. The zero-order valence-corrected chi connectivity index (χ0v) is 16.5. The summed E-state index contributed by atoms with van der Waals surface area (Å²) >= 11 is 0. The Hall–Kier alpha value is -1.96. The number of hydrogen-bond acceptors (Lipinski definition) is 3. The van der Waals surface area contributed by atoms with Crippen molar-refractivity contribution in [3.8, 4) is 0 Å². The molecule has 0 bridgehead atoms. The Morgan fingerprint density at radius 1 is 1.19 bits per heavy atom. The lowest BCUT2D eigenvalue weighted by Crippen LogP contribution is -3.14. The summed E-state index contributed by atoms with van der Waals surface area (Å²) < 4.78 is 27.4. The van der Waals surface area contributed by atoms with E-state index < -0.39 is 10.0 Å².